The molecule has 6 heteroatoms. The van der Waals surface area contributed by atoms with Gasteiger partial charge in [-0.05, 0) is 18.2 Å². The summed E-state index contributed by atoms with van der Waals surface area (Å²) in [5.41, 5.74) is 7.63. The highest BCUT2D eigenvalue weighted by molar-refractivity contribution is 9.10. The zero-order chi connectivity index (χ0) is 15.0. The average Bonchev–Trinajstić information content (AvgIpc) is 3.06. The first-order chi connectivity index (χ1) is 10.1. The summed E-state index contributed by atoms with van der Waals surface area (Å²) in [6, 6.07) is 7.67. The number of halogens is 1. The maximum Gasteiger partial charge on any atom is 0.266 e. The third-order valence-electron chi connectivity index (χ3n) is 3.23. The van der Waals surface area contributed by atoms with Crippen molar-refractivity contribution in [2.45, 2.75) is 6.54 Å². The molecule has 21 heavy (non-hydrogen) atoms. The van der Waals surface area contributed by atoms with Gasteiger partial charge in [0.2, 0.25) is 0 Å². The van der Waals surface area contributed by atoms with Crippen LogP contribution < -0.4 is 5.73 Å². The third-order valence-corrected chi connectivity index (χ3v) is 4.88. The first-order valence-corrected chi connectivity index (χ1v) is 7.91. The zero-order valence-corrected chi connectivity index (χ0v) is 13.7. The molecule has 0 unspecified atom stereocenters. The molecule has 108 valence electrons. The first kappa shape index (κ1) is 14.2. The Kier molecular flexibility index (Phi) is 3.73. The van der Waals surface area contributed by atoms with Crippen LogP contribution in [-0.2, 0) is 6.54 Å². The molecule has 1 amide bonds. The van der Waals surface area contributed by atoms with Crippen LogP contribution in [-0.4, -0.2) is 17.9 Å². The second-order valence-electron chi connectivity index (χ2n) is 4.78. The van der Waals surface area contributed by atoms with E-state index in [1.54, 1.807) is 24.5 Å². The van der Waals surface area contributed by atoms with E-state index in [0.717, 1.165) is 20.1 Å². The number of nitrogens with zero attached hydrogens (tertiary/aromatic N) is 1. The van der Waals surface area contributed by atoms with Gasteiger partial charge in [0.05, 0.1) is 18.2 Å². The van der Waals surface area contributed by atoms with Gasteiger partial charge in [-0.15, -0.1) is 11.3 Å². The van der Waals surface area contributed by atoms with Gasteiger partial charge in [-0.3, -0.25) is 4.79 Å². The minimum absolute atomic E-state index is 0.0778. The number of nitrogens with two attached hydrogens (primary N) is 1. The topological polar surface area (TPSA) is 59.5 Å². The number of carbonyl (C=O) groups is 1. The van der Waals surface area contributed by atoms with Gasteiger partial charge in [-0.25, -0.2) is 0 Å². The maximum absolute atomic E-state index is 12.6. The van der Waals surface area contributed by atoms with Crippen LogP contribution >= 0.6 is 27.3 Å². The van der Waals surface area contributed by atoms with E-state index in [2.05, 4.69) is 15.9 Å². The van der Waals surface area contributed by atoms with Crippen molar-refractivity contribution in [3.8, 4) is 0 Å². The molecule has 0 bridgehead atoms. The SMILES string of the molecule is CN(Cc1ccoc1)C(=O)c1sc2cc(Br)ccc2c1N. The Morgan fingerprint density at radius 2 is 2.24 bits per heavy atom. The van der Waals surface area contributed by atoms with Crippen LogP contribution in [0.15, 0.2) is 45.7 Å². The number of nitrogen functional groups attached to an aromatic ring is 1. The largest absolute Gasteiger partial charge is 0.472 e. The van der Waals surface area contributed by atoms with Crippen LogP contribution in [0.3, 0.4) is 0 Å². The van der Waals surface area contributed by atoms with E-state index in [1.165, 1.54) is 11.3 Å². The summed E-state index contributed by atoms with van der Waals surface area (Å²) in [6.07, 6.45) is 3.23. The van der Waals surface area contributed by atoms with Crippen LogP contribution in [0.1, 0.15) is 15.2 Å². The Hall–Kier alpha value is -1.79. The molecule has 0 aliphatic heterocycles. The summed E-state index contributed by atoms with van der Waals surface area (Å²) in [7, 11) is 1.76. The molecule has 0 saturated carbocycles. The van der Waals surface area contributed by atoms with Crippen molar-refractivity contribution in [3.63, 3.8) is 0 Å². The van der Waals surface area contributed by atoms with E-state index in [0.29, 0.717) is 17.1 Å². The molecule has 0 atom stereocenters. The Labute approximate surface area is 134 Å². The molecule has 0 fully saturated rings. The van der Waals surface area contributed by atoms with Gasteiger partial charge in [-0.2, -0.15) is 0 Å². The standard InChI is InChI=1S/C15H13BrN2O2S/c1-18(7-9-4-5-20-8-9)15(19)14-13(17)11-3-2-10(16)6-12(11)21-14/h2-6,8H,7,17H2,1H3. The Morgan fingerprint density at radius 1 is 1.43 bits per heavy atom. The third kappa shape index (κ3) is 2.69. The lowest BCUT2D eigenvalue weighted by Crippen LogP contribution is -2.25. The summed E-state index contributed by atoms with van der Waals surface area (Å²) in [4.78, 5) is 14.8. The van der Waals surface area contributed by atoms with Crippen molar-refractivity contribution < 1.29 is 9.21 Å². The van der Waals surface area contributed by atoms with Crippen molar-refractivity contribution in [1.82, 2.24) is 4.90 Å². The lowest BCUT2D eigenvalue weighted by atomic mass is 10.2. The molecule has 2 N–H and O–H groups in total. The second-order valence-corrected chi connectivity index (χ2v) is 6.75. The van der Waals surface area contributed by atoms with Crippen molar-refractivity contribution in [3.05, 3.63) is 51.7 Å². The van der Waals surface area contributed by atoms with Gasteiger partial charge in [0.1, 0.15) is 4.88 Å². The predicted molar refractivity (Wildman–Crippen MR) is 88.4 cm³/mol. The summed E-state index contributed by atoms with van der Waals surface area (Å²) in [6.45, 7) is 0.493. The second kappa shape index (κ2) is 5.54. The molecule has 3 rings (SSSR count). The number of furan rings is 1. The highest BCUT2D eigenvalue weighted by atomic mass is 79.9. The molecule has 0 saturated heterocycles. The normalized spacial score (nSPS) is 11.0. The lowest BCUT2D eigenvalue weighted by Gasteiger charge is -2.15. The zero-order valence-electron chi connectivity index (χ0n) is 11.3. The van der Waals surface area contributed by atoms with Crippen LogP contribution in [0.4, 0.5) is 5.69 Å². The number of thiophene rings is 1. The van der Waals surface area contributed by atoms with Gasteiger partial charge in [-0.1, -0.05) is 22.0 Å². The molecule has 0 radical (unpaired) electrons. The summed E-state index contributed by atoms with van der Waals surface area (Å²) < 4.78 is 7.00. The summed E-state index contributed by atoms with van der Waals surface area (Å²) >= 11 is 4.85. The van der Waals surface area contributed by atoms with Gasteiger partial charge in [0, 0.05) is 33.7 Å². The number of amides is 1. The van der Waals surface area contributed by atoms with Crippen molar-refractivity contribution in [2.75, 3.05) is 12.8 Å². The molecule has 0 aliphatic carbocycles. The van der Waals surface area contributed by atoms with Crippen LogP contribution in [0, 0.1) is 0 Å². The quantitative estimate of drug-likeness (QED) is 0.760. The van der Waals surface area contributed by atoms with Crippen molar-refractivity contribution in [2.24, 2.45) is 0 Å². The summed E-state index contributed by atoms with van der Waals surface area (Å²) in [5.74, 6) is -0.0778. The number of benzene rings is 1. The van der Waals surface area contributed by atoms with E-state index < -0.39 is 0 Å². The number of anilines is 1. The molecule has 0 spiro atoms. The number of rotatable bonds is 3. The van der Waals surface area contributed by atoms with Gasteiger partial charge < -0.3 is 15.1 Å². The van der Waals surface area contributed by atoms with E-state index in [-0.39, 0.29) is 5.91 Å². The summed E-state index contributed by atoms with van der Waals surface area (Å²) in [5, 5.41) is 0.920. The molecular weight excluding hydrogens is 352 g/mol. The minimum Gasteiger partial charge on any atom is -0.472 e. The molecule has 4 nitrogen and oxygen atoms in total. The highest BCUT2D eigenvalue weighted by Gasteiger charge is 2.20. The fraction of sp³-hybridized carbons (Fsp3) is 0.133. The monoisotopic (exact) mass is 364 g/mol. The average molecular weight is 365 g/mol. The lowest BCUT2D eigenvalue weighted by molar-refractivity contribution is 0.0790. The van der Waals surface area contributed by atoms with Gasteiger partial charge in [0.15, 0.2) is 0 Å². The van der Waals surface area contributed by atoms with Crippen LogP contribution in [0.5, 0.6) is 0 Å². The molecule has 0 aliphatic rings. The Bertz CT molecular complexity index is 795. The van der Waals surface area contributed by atoms with E-state index in [1.807, 2.05) is 24.3 Å². The molecule has 3 aromatic rings. The smallest absolute Gasteiger partial charge is 0.266 e. The number of fused-ring (bicyclic) bond motifs is 1. The van der Waals surface area contributed by atoms with Crippen molar-refractivity contribution in [1.29, 1.82) is 0 Å². The molecule has 2 aromatic heterocycles. The number of carbonyl (C=O) groups excluding carboxylic acids is 1. The fourth-order valence-electron chi connectivity index (χ4n) is 2.15. The maximum atomic E-state index is 12.6. The van der Waals surface area contributed by atoms with Crippen LogP contribution in [0.25, 0.3) is 10.1 Å². The van der Waals surface area contributed by atoms with E-state index >= 15 is 0 Å². The van der Waals surface area contributed by atoms with E-state index in [4.69, 9.17) is 10.2 Å². The molecule has 1 aromatic carbocycles. The number of hydrogen-bond donors (Lipinski definition) is 1. The van der Waals surface area contributed by atoms with Gasteiger partial charge in [0.25, 0.3) is 5.91 Å². The van der Waals surface area contributed by atoms with Crippen molar-refractivity contribution >= 4 is 48.9 Å². The highest BCUT2D eigenvalue weighted by Crippen LogP contribution is 2.36. The Morgan fingerprint density at radius 3 is 2.95 bits per heavy atom. The number of hydrogen-bond acceptors (Lipinski definition) is 4. The van der Waals surface area contributed by atoms with Gasteiger partial charge >= 0.3 is 0 Å². The van der Waals surface area contributed by atoms with Crippen LogP contribution in [0.2, 0.25) is 0 Å². The Balaban J connectivity index is 1.92. The predicted octanol–water partition coefficient (Wildman–Crippen LogP) is 4.11. The minimum atomic E-state index is -0.0778. The molecular formula is C15H13BrN2O2S. The first-order valence-electron chi connectivity index (χ1n) is 6.30. The molecule has 2 heterocycles. The van der Waals surface area contributed by atoms with E-state index in [9.17, 15) is 4.79 Å². The fourth-order valence-corrected chi connectivity index (χ4v) is 3.82.